The van der Waals surface area contributed by atoms with Crippen molar-refractivity contribution in [2.24, 2.45) is 0 Å². The first kappa shape index (κ1) is 16.9. The summed E-state index contributed by atoms with van der Waals surface area (Å²) >= 11 is 0. The molecule has 1 aliphatic rings. The molecule has 0 radical (unpaired) electrons. The van der Waals surface area contributed by atoms with Crippen LogP contribution in [0.2, 0.25) is 0 Å². The summed E-state index contributed by atoms with van der Waals surface area (Å²) in [5, 5.41) is 2.57. The summed E-state index contributed by atoms with van der Waals surface area (Å²) in [6.07, 6.45) is -1.41. The van der Waals surface area contributed by atoms with E-state index >= 15 is 0 Å². The van der Waals surface area contributed by atoms with Crippen LogP contribution in [0.1, 0.15) is 10.4 Å². The molecule has 9 nitrogen and oxygen atoms in total. The van der Waals surface area contributed by atoms with Crippen molar-refractivity contribution >= 4 is 28.3 Å². The van der Waals surface area contributed by atoms with Crippen LogP contribution in [0.4, 0.5) is 20.3 Å². The van der Waals surface area contributed by atoms with E-state index in [1.54, 1.807) is 6.07 Å². The number of aromatic nitrogens is 4. The number of fused-ring (bicyclic) bond motifs is 2. The Morgan fingerprint density at radius 1 is 1.30 bits per heavy atom. The Labute approximate surface area is 150 Å². The molecule has 4 rings (SSSR count). The number of benzene rings is 1. The van der Waals surface area contributed by atoms with Crippen LogP contribution in [0.3, 0.4) is 0 Å². The number of halogens is 2. The standard InChI is InChI=1S/C16H14F2N6O3/c17-11(18)6-24-10-2-1-8(5-9(10)14(25)22-24)23-3-4-27-15-12(16(23)26)13(19)20-7-21-15/h1-2,5,7,11H,3-4,6H2,(H,22,25)(H2,19,20,21). The molecule has 140 valence electrons. The Morgan fingerprint density at radius 2 is 2.11 bits per heavy atom. The van der Waals surface area contributed by atoms with Gasteiger partial charge in [-0.05, 0) is 18.2 Å². The average molecular weight is 376 g/mol. The molecule has 0 saturated heterocycles. The van der Waals surface area contributed by atoms with Crippen LogP contribution in [0, 0.1) is 0 Å². The van der Waals surface area contributed by atoms with Gasteiger partial charge in [0.15, 0.2) is 0 Å². The molecular weight excluding hydrogens is 362 g/mol. The van der Waals surface area contributed by atoms with Gasteiger partial charge in [0.2, 0.25) is 5.88 Å². The highest BCUT2D eigenvalue weighted by atomic mass is 19.3. The number of nitrogens with one attached hydrogen (secondary N) is 1. The molecule has 0 saturated carbocycles. The lowest BCUT2D eigenvalue weighted by atomic mass is 10.2. The minimum absolute atomic E-state index is 0.0149. The van der Waals surface area contributed by atoms with Crippen LogP contribution in [0.15, 0.2) is 29.3 Å². The maximum absolute atomic E-state index is 12.9. The number of H-pyrrole nitrogens is 1. The van der Waals surface area contributed by atoms with E-state index in [0.717, 1.165) is 4.68 Å². The summed E-state index contributed by atoms with van der Waals surface area (Å²) in [6, 6.07) is 4.55. The van der Waals surface area contributed by atoms with Gasteiger partial charge in [0.25, 0.3) is 17.9 Å². The van der Waals surface area contributed by atoms with E-state index < -0.39 is 24.4 Å². The lowest BCUT2D eigenvalue weighted by Crippen LogP contribution is -2.32. The van der Waals surface area contributed by atoms with E-state index in [2.05, 4.69) is 15.1 Å². The second-order valence-electron chi connectivity index (χ2n) is 5.89. The van der Waals surface area contributed by atoms with Crippen LogP contribution in [-0.4, -0.2) is 45.2 Å². The molecule has 0 atom stereocenters. The molecule has 3 N–H and O–H groups in total. The van der Waals surface area contributed by atoms with Crippen LogP contribution in [0.5, 0.6) is 5.88 Å². The first-order valence-corrected chi connectivity index (χ1v) is 8.01. The Bertz CT molecular complexity index is 1090. The number of nitrogens with zero attached hydrogens (tertiary/aromatic N) is 4. The number of carbonyl (C=O) groups is 1. The first-order chi connectivity index (χ1) is 13.0. The van der Waals surface area contributed by atoms with Crippen LogP contribution in [-0.2, 0) is 6.54 Å². The molecule has 0 bridgehead atoms. The van der Waals surface area contributed by atoms with Crippen molar-refractivity contribution in [3.8, 4) is 5.88 Å². The van der Waals surface area contributed by atoms with Crippen molar-refractivity contribution in [1.29, 1.82) is 0 Å². The van der Waals surface area contributed by atoms with Crippen molar-refractivity contribution < 1.29 is 18.3 Å². The SMILES string of the molecule is Nc1ncnc2c1C(=O)N(c1ccc3c(c1)c(=O)[nH]n3CC(F)F)CCO2. The predicted molar refractivity (Wildman–Crippen MR) is 92.2 cm³/mol. The van der Waals surface area contributed by atoms with Gasteiger partial charge < -0.3 is 15.4 Å². The number of hydrogen-bond donors (Lipinski definition) is 2. The maximum atomic E-state index is 12.9. The van der Waals surface area contributed by atoms with E-state index in [-0.39, 0.29) is 35.8 Å². The minimum atomic E-state index is -2.61. The highest BCUT2D eigenvalue weighted by molar-refractivity contribution is 6.11. The fourth-order valence-corrected chi connectivity index (χ4v) is 3.04. The topological polar surface area (TPSA) is 119 Å². The summed E-state index contributed by atoms with van der Waals surface area (Å²) in [5.74, 6) is -0.390. The van der Waals surface area contributed by atoms with E-state index in [4.69, 9.17) is 10.5 Å². The van der Waals surface area contributed by atoms with Crippen molar-refractivity contribution in [3.63, 3.8) is 0 Å². The summed E-state index contributed by atoms with van der Waals surface area (Å²) < 4.78 is 31.9. The van der Waals surface area contributed by atoms with Gasteiger partial charge in [-0.15, -0.1) is 0 Å². The third kappa shape index (κ3) is 2.86. The predicted octanol–water partition coefficient (Wildman–Crippen LogP) is 1.01. The Kier molecular flexibility index (Phi) is 3.98. The zero-order chi connectivity index (χ0) is 19.1. The van der Waals surface area contributed by atoms with E-state index in [1.165, 1.54) is 23.4 Å². The molecule has 1 amide bonds. The third-order valence-corrected chi connectivity index (χ3v) is 4.24. The van der Waals surface area contributed by atoms with Crippen LogP contribution >= 0.6 is 0 Å². The molecule has 0 unspecified atom stereocenters. The molecule has 0 aliphatic carbocycles. The van der Waals surface area contributed by atoms with Crippen LogP contribution in [0.25, 0.3) is 10.9 Å². The number of ether oxygens (including phenoxy) is 1. The third-order valence-electron chi connectivity index (χ3n) is 4.24. The fraction of sp³-hybridized carbons (Fsp3) is 0.250. The lowest BCUT2D eigenvalue weighted by molar-refractivity contribution is 0.0990. The molecule has 1 aromatic carbocycles. The fourth-order valence-electron chi connectivity index (χ4n) is 3.04. The highest BCUT2D eigenvalue weighted by Gasteiger charge is 2.29. The van der Waals surface area contributed by atoms with Gasteiger partial charge in [-0.25, -0.2) is 18.7 Å². The number of carbonyl (C=O) groups excluding carboxylic acids is 1. The Morgan fingerprint density at radius 3 is 2.89 bits per heavy atom. The number of rotatable bonds is 3. The normalized spacial score (nSPS) is 14.3. The summed E-state index contributed by atoms with van der Waals surface area (Å²) in [7, 11) is 0. The molecule has 2 aromatic heterocycles. The van der Waals surface area contributed by atoms with Gasteiger partial charge >= 0.3 is 0 Å². The maximum Gasteiger partial charge on any atom is 0.272 e. The van der Waals surface area contributed by atoms with Crippen molar-refractivity contribution in [1.82, 2.24) is 19.7 Å². The molecule has 3 aromatic rings. The van der Waals surface area contributed by atoms with Gasteiger partial charge in [0, 0.05) is 5.69 Å². The van der Waals surface area contributed by atoms with Crippen molar-refractivity contribution in [2.75, 3.05) is 23.8 Å². The Hall–Kier alpha value is -3.50. The molecular formula is C16H14F2N6O3. The average Bonchev–Trinajstić information content (AvgIpc) is 2.81. The smallest absolute Gasteiger partial charge is 0.272 e. The molecule has 3 heterocycles. The molecule has 27 heavy (non-hydrogen) atoms. The Balaban J connectivity index is 1.78. The van der Waals surface area contributed by atoms with E-state index in [1.807, 2.05) is 0 Å². The highest BCUT2D eigenvalue weighted by Crippen LogP contribution is 2.28. The molecule has 0 fully saturated rings. The van der Waals surface area contributed by atoms with Gasteiger partial charge in [-0.1, -0.05) is 0 Å². The van der Waals surface area contributed by atoms with E-state index in [9.17, 15) is 18.4 Å². The largest absolute Gasteiger partial charge is 0.475 e. The van der Waals surface area contributed by atoms with Gasteiger partial charge in [-0.3, -0.25) is 19.4 Å². The number of amides is 1. The monoisotopic (exact) mass is 376 g/mol. The number of alkyl halides is 2. The number of nitrogen functional groups attached to an aromatic ring is 1. The second-order valence-corrected chi connectivity index (χ2v) is 5.89. The summed E-state index contributed by atoms with van der Waals surface area (Å²) in [6.45, 7) is -0.276. The van der Waals surface area contributed by atoms with Gasteiger partial charge in [0.05, 0.1) is 17.4 Å². The quantitative estimate of drug-likeness (QED) is 0.704. The lowest BCUT2D eigenvalue weighted by Gasteiger charge is -2.20. The van der Waals surface area contributed by atoms with Crippen molar-refractivity contribution in [3.05, 3.63) is 40.4 Å². The van der Waals surface area contributed by atoms with E-state index in [0.29, 0.717) is 11.2 Å². The zero-order valence-corrected chi connectivity index (χ0v) is 13.9. The number of nitrogens with two attached hydrogens (primary N) is 1. The molecule has 11 heteroatoms. The first-order valence-electron chi connectivity index (χ1n) is 8.01. The number of aromatic amines is 1. The minimum Gasteiger partial charge on any atom is -0.475 e. The second kappa shape index (κ2) is 6.34. The van der Waals surface area contributed by atoms with Gasteiger partial charge in [-0.2, -0.15) is 0 Å². The van der Waals surface area contributed by atoms with Crippen molar-refractivity contribution in [2.45, 2.75) is 13.0 Å². The molecule has 0 spiro atoms. The van der Waals surface area contributed by atoms with Crippen LogP contribution < -0.4 is 20.9 Å². The number of anilines is 2. The summed E-state index contributed by atoms with van der Waals surface area (Å²) in [5.41, 5.74) is 6.05. The summed E-state index contributed by atoms with van der Waals surface area (Å²) in [4.78, 5) is 34.2. The van der Waals surface area contributed by atoms with Gasteiger partial charge in [0.1, 0.15) is 30.9 Å². The molecule has 1 aliphatic heterocycles. The number of hydrogen-bond acceptors (Lipinski definition) is 6. The zero-order valence-electron chi connectivity index (χ0n) is 13.9.